The maximum atomic E-state index is 9.56. The van der Waals surface area contributed by atoms with Gasteiger partial charge < -0.3 is 9.84 Å². The molecule has 2 heteroatoms. The minimum Gasteiger partial charge on any atom is -0.392 e. The van der Waals surface area contributed by atoms with Crippen LogP contribution in [-0.2, 0) is 11.3 Å². The summed E-state index contributed by atoms with van der Waals surface area (Å²) in [6.45, 7) is 4.75. The molecule has 1 saturated carbocycles. The van der Waals surface area contributed by atoms with Gasteiger partial charge in [-0.2, -0.15) is 0 Å². The number of hydrogen-bond acceptors (Lipinski definition) is 2. The van der Waals surface area contributed by atoms with Crippen LogP contribution in [0.3, 0.4) is 0 Å². The molecule has 82 valence electrons. The summed E-state index contributed by atoms with van der Waals surface area (Å²) in [5.74, 6) is 0. The quantitative estimate of drug-likeness (QED) is 0.822. The Labute approximate surface area is 90.9 Å². The smallest absolute Gasteiger partial charge is 0.0720 e. The van der Waals surface area contributed by atoms with Crippen molar-refractivity contribution in [1.29, 1.82) is 0 Å². The van der Waals surface area contributed by atoms with Crippen LogP contribution in [0.5, 0.6) is 0 Å². The summed E-state index contributed by atoms with van der Waals surface area (Å²) in [4.78, 5) is 0. The van der Waals surface area contributed by atoms with Crippen LogP contribution < -0.4 is 0 Å². The first-order chi connectivity index (χ1) is 7.10. The summed E-state index contributed by atoms with van der Waals surface area (Å²) >= 11 is 0. The van der Waals surface area contributed by atoms with Crippen molar-refractivity contribution in [2.75, 3.05) is 0 Å². The third-order valence-corrected chi connectivity index (χ3v) is 3.42. The highest BCUT2D eigenvalue weighted by Crippen LogP contribution is 2.42. The molecule has 0 aliphatic heterocycles. The van der Waals surface area contributed by atoms with E-state index in [9.17, 15) is 5.11 Å². The lowest BCUT2D eigenvalue weighted by Gasteiger charge is -2.48. The summed E-state index contributed by atoms with van der Waals surface area (Å²) in [6, 6.07) is 10.1. The van der Waals surface area contributed by atoms with Crippen molar-refractivity contribution in [3.05, 3.63) is 35.9 Å². The van der Waals surface area contributed by atoms with Crippen molar-refractivity contribution in [1.82, 2.24) is 0 Å². The normalized spacial score (nSPS) is 28.5. The predicted octanol–water partition coefficient (Wildman–Crippen LogP) is 2.36. The lowest BCUT2D eigenvalue weighted by Crippen LogP contribution is -2.54. The van der Waals surface area contributed by atoms with Crippen LogP contribution in [-0.4, -0.2) is 17.3 Å². The van der Waals surface area contributed by atoms with Crippen molar-refractivity contribution in [2.45, 2.75) is 39.1 Å². The average molecular weight is 206 g/mol. The van der Waals surface area contributed by atoms with Crippen molar-refractivity contribution < 1.29 is 9.84 Å². The maximum Gasteiger partial charge on any atom is 0.0720 e. The molecule has 0 heterocycles. The number of ether oxygens (including phenoxy) is 1. The summed E-state index contributed by atoms with van der Waals surface area (Å²) in [6.07, 6.45) is 0.741. The fraction of sp³-hybridized carbons (Fsp3) is 0.538. The molecule has 15 heavy (non-hydrogen) atoms. The van der Waals surface area contributed by atoms with E-state index in [1.165, 1.54) is 5.56 Å². The summed E-state index contributed by atoms with van der Waals surface area (Å²) in [5, 5.41) is 9.56. The monoisotopic (exact) mass is 206 g/mol. The molecular weight excluding hydrogens is 188 g/mol. The first-order valence-electron chi connectivity index (χ1n) is 5.44. The van der Waals surface area contributed by atoms with Gasteiger partial charge in [-0.3, -0.25) is 0 Å². The molecule has 1 N–H and O–H groups in total. The number of benzene rings is 1. The highest BCUT2D eigenvalue weighted by atomic mass is 16.5. The van der Waals surface area contributed by atoms with Gasteiger partial charge in [-0.05, 0) is 5.56 Å². The van der Waals surface area contributed by atoms with Crippen LogP contribution in [0.25, 0.3) is 0 Å². The first-order valence-corrected chi connectivity index (χ1v) is 5.44. The van der Waals surface area contributed by atoms with Gasteiger partial charge in [-0.25, -0.2) is 0 Å². The van der Waals surface area contributed by atoms with Gasteiger partial charge in [0.05, 0.1) is 18.8 Å². The second kappa shape index (κ2) is 3.95. The van der Waals surface area contributed by atoms with E-state index in [2.05, 4.69) is 26.0 Å². The van der Waals surface area contributed by atoms with Crippen molar-refractivity contribution in [2.24, 2.45) is 5.41 Å². The molecule has 0 saturated heterocycles. The molecule has 0 spiro atoms. The van der Waals surface area contributed by atoms with E-state index in [0.717, 1.165) is 6.42 Å². The molecule has 2 rings (SSSR count). The van der Waals surface area contributed by atoms with Gasteiger partial charge in [0.25, 0.3) is 0 Å². The fourth-order valence-corrected chi connectivity index (χ4v) is 1.92. The third-order valence-electron chi connectivity index (χ3n) is 3.42. The van der Waals surface area contributed by atoms with E-state index in [1.54, 1.807) is 0 Å². The molecule has 2 nitrogen and oxygen atoms in total. The van der Waals surface area contributed by atoms with E-state index in [4.69, 9.17) is 4.74 Å². The van der Waals surface area contributed by atoms with Gasteiger partial charge >= 0.3 is 0 Å². The third kappa shape index (κ3) is 2.06. The van der Waals surface area contributed by atoms with Crippen molar-refractivity contribution >= 4 is 0 Å². The molecule has 1 fully saturated rings. The number of hydrogen-bond donors (Lipinski definition) is 1. The zero-order valence-electron chi connectivity index (χ0n) is 9.31. The highest BCUT2D eigenvalue weighted by Gasteiger charge is 2.48. The van der Waals surface area contributed by atoms with E-state index in [-0.39, 0.29) is 17.6 Å². The minimum atomic E-state index is -0.210. The Morgan fingerprint density at radius 2 is 2.00 bits per heavy atom. The fourth-order valence-electron chi connectivity index (χ4n) is 1.92. The number of aliphatic hydroxyl groups is 1. The Bertz CT molecular complexity index is 319. The molecule has 1 aromatic rings. The molecule has 0 radical (unpaired) electrons. The van der Waals surface area contributed by atoms with E-state index in [0.29, 0.717) is 6.61 Å². The number of aliphatic hydroxyl groups excluding tert-OH is 1. The SMILES string of the molecule is CC1(C)[C@H](O)C[C@@H]1OCc1ccccc1. The zero-order chi connectivity index (χ0) is 10.9. The van der Waals surface area contributed by atoms with Crippen LogP contribution in [0.1, 0.15) is 25.8 Å². The Morgan fingerprint density at radius 1 is 1.33 bits per heavy atom. The van der Waals surface area contributed by atoms with Gasteiger partial charge in [0, 0.05) is 11.8 Å². The van der Waals surface area contributed by atoms with Crippen LogP contribution in [0, 0.1) is 5.41 Å². The molecular formula is C13H18O2. The van der Waals surface area contributed by atoms with E-state index in [1.807, 2.05) is 18.2 Å². The Hall–Kier alpha value is -0.860. The molecule has 0 aromatic heterocycles. The van der Waals surface area contributed by atoms with Crippen LogP contribution >= 0.6 is 0 Å². The Kier molecular flexibility index (Phi) is 2.81. The second-order valence-electron chi connectivity index (χ2n) is 4.86. The van der Waals surface area contributed by atoms with E-state index < -0.39 is 0 Å². The maximum absolute atomic E-state index is 9.56. The van der Waals surface area contributed by atoms with Crippen LogP contribution in [0.2, 0.25) is 0 Å². The van der Waals surface area contributed by atoms with Gasteiger partial charge in [-0.15, -0.1) is 0 Å². The van der Waals surface area contributed by atoms with Gasteiger partial charge in [0.2, 0.25) is 0 Å². The molecule has 0 unspecified atom stereocenters. The second-order valence-corrected chi connectivity index (χ2v) is 4.86. The molecule has 0 bridgehead atoms. The first kappa shape index (κ1) is 10.7. The zero-order valence-corrected chi connectivity index (χ0v) is 9.31. The highest BCUT2D eigenvalue weighted by molar-refractivity contribution is 5.13. The molecule has 2 atom stereocenters. The largest absolute Gasteiger partial charge is 0.392 e. The van der Waals surface area contributed by atoms with E-state index >= 15 is 0 Å². The average Bonchev–Trinajstić information content (AvgIpc) is 2.25. The van der Waals surface area contributed by atoms with Crippen LogP contribution in [0.4, 0.5) is 0 Å². The summed E-state index contributed by atoms with van der Waals surface area (Å²) < 4.78 is 5.79. The topological polar surface area (TPSA) is 29.5 Å². The van der Waals surface area contributed by atoms with Crippen molar-refractivity contribution in [3.63, 3.8) is 0 Å². The predicted molar refractivity (Wildman–Crippen MR) is 59.4 cm³/mol. The van der Waals surface area contributed by atoms with Gasteiger partial charge in [-0.1, -0.05) is 44.2 Å². The number of rotatable bonds is 3. The molecule has 1 aliphatic rings. The summed E-state index contributed by atoms with van der Waals surface area (Å²) in [7, 11) is 0. The van der Waals surface area contributed by atoms with Crippen LogP contribution in [0.15, 0.2) is 30.3 Å². The standard InChI is InChI=1S/C13H18O2/c1-13(2)11(14)8-12(13)15-9-10-6-4-3-5-7-10/h3-7,11-12,14H,8-9H2,1-2H3/t11-,12+/m1/s1. The molecule has 1 aromatic carbocycles. The summed E-state index contributed by atoms with van der Waals surface area (Å²) in [5.41, 5.74) is 1.10. The van der Waals surface area contributed by atoms with Gasteiger partial charge in [0.15, 0.2) is 0 Å². The van der Waals surface area contributed by atoms with Crippen molar-refractivity contribution in [3.8, 4) is 0 Å². The molecule has 0 amide bonds. The molecule has 1 aliphatic carbocycles. The minimum absolute atomic E-state index is 0.0885. The Balaban J connectivity index is 1.85. The lowest BCUT2D eigenvalue weighted by atomic mass is 9.66. The Morgan fingerprint density at radius 3 is 2.53 bits per heavy atom. The lowest BCUT2D eigenvalue weighted by molar-refractivity contribution is -0.179. The van der Waals surface area contributed by atoms with Gasteiger partial charge in [0.1, 0.15) is 0 Å².